The number of anilines is 1. The summed E-state index contributed by atoms with van der Waals surface area (Å²) < 4.78 is 30.4. The lowest BCUT2D eigenvalue weighted by atomic mass is 10.2. The summed E-state index contributed by atoms with van der Waals surface area (Å²) in [6, 6.07) is 4.20. The monoisotopic (exact) mass is 478 g/mol. The van der Waals surface area contributed by atoms with E-state index in [1.54, 1.807) is 0 Å². The van der Waals surface area contributed by atoms with Gasteiger partial charge in [-0.05, 0) is 31.2 Å². The Hall–Kier alpha value is -2.35. The molecular formula is C13H11IN4O6S. The highest BCUT2D eigenvalue weighted by Gasteiger charge is 2.32. The van der Waals surface area contributed by atoms with Gasteiger partial charge in [0, 0.05) is 0 Å². The number of nitrogens with zero attached hydrogens (tertiary/aromatic N) is 4. The van der Waals surface area contributed by atoms with Crippen LogP contribution in [0.5, 0.6) is 6.01 Å². The van der Waals surface area contributed by atoms with E-state index in [4.69, 9.17) is 9.84 Å². The average molecular weight is 478 g/mol. The molecule has 0 atom stereocenters. The van der Waals surface area contributed by atoms with Gasteiger partial charge in [-0.1, -0.05) is 0 Å². The van der Waals surface area contributed by atoms with E-state index >= 15 is 0 Å². The van der Waals surface area contributed by atoms with Gasteiger partial charge < -0.3 is 9.84 Å². The molecule has 0 aliphatic heterocycles. The van der Waals surface area contributed by atoms with Gasteiger partial charge in [-0.25, -0.2) is 16.3 Å². The number of hydrogen-bond acceptors (Lipinski definition) is 8. The molecule has 1 N–H and O–H groups in total. The quantitative estimate of drug-likeness (QED) is 0.513. The lowest BCUT2D eigenvalue weighted by Gasteiger charge is -2.13. The zero-order valence-corrected chi connectivity index (χ0v) is 15.8. The van der Waals surface area contributed by atoms with E-state index in [0.717, 1.165) is 27.4 Å². The van der Waals surface area contributed by atoms with Gasteiger partial charge in [0.1, 0.15) is 5.82 Å². The first-order valence-corrected chi connectivity index (χ1v) is 8.96. The van der Waals surface area contributed by atoms with Crippen molar-refractivity contribution in [2.45, 2.75) is 11.8 Å². The van der Waals surface area contributed by atoms with Crippen LogP contribution in [0.3, 0.4) is 0 Å². The number of aromatic carboxylic acids is 1. The zero-order valence-electron chi connectivity index (χ0n) is 12.9. The van der Waals surface area contributed by atoms with E-state index in [9.17, 15) is 18.0 Å². The van der Waals surface area contributed by atoms with Crippen LogP contribution in [0.25, 0.3) is 0 Å². The molecule has 1 aromatic heterocycles. The van der Waals surface area contributed by atoms with Crippen molar-refractivity contribution in [1.29, 1.82) is 0 Å². The molecule has 1 amide bonds. The Bertz CT molecular complexity index is 932. The summed E-state index contributed by atoms with van der Waals surface area (Å²) in [4.78, 5) is 34.4. The highest BCUT2D eigenvalue weighted by molar-refractivity contribution is 14.1. The molecule has 10 nitrogen and oxygen atoms in total. The standard InChI is InChI=1S/C13H11IN4O6S/c1-7-15-11(17-12(16-7)24-2)18(14)13(21)25(22,23)9-5-3-8(4-6-9)10(19)20/h3-6H,1-2H3,(H,19,20). The summed E-state index contributed by atoms with van der Waals surface area (Å²) in [5, 5.41) is 7.55. The Morgan fingerprint density at radius 1 is 1.16 bits per heavy atom. The Labute approximate surface area is 156 Å². The summed E-state index contributed by atoms with van der Waals surface area (Å²) in [6.45, 7) is 1.53. The lowest BCUT2D eigenvalue weighted by Crippen LogP contribution is -2.29. The molecule has 1 heterocycles. The Morgan fingerprint density at radius 3 is 2.28 bits per heavy atom. The molecule has 12 heteroatoms. The smallest absolute Gasteiger partial charge is 0.359 e. The Kier molecular flexibility index (Phi) is 5.52. The number of aryl methyl sites for hydroxylation is 1. The first kappa shape index (κ1) is 19.0. The van der Waals surface area contributed by atoms with Crippen molar-refractivity contribution >= 4 is 49.9 Å². The van der Waals surface area contributed by atoms with Crippen molar-refractivity contribution in [3.05, 3.63) is 35.7 Å². The van der Waals surface area contributed by atoms with Crippen molar-refractivity contribution in [1.82, 2.24) is 15.0 Å². The minimum atomic E-state index is -4.42. The van der Waals surface area contributed by atoms with Gasteiger partial charge in [-0.2, -0.15) is 15.0 Å². The van der Waals surface area contributed by atoms with Crippen molar-refractivity contribution in [3.8, 4) is 6.01 Å². The molecule has 0 aliphatic carbocycles. The van der Waals surface area contributed by atoms with Gasteiger partial charge in [0.25, 0.3) is 9.84 Å². The second-order valence-corrected chi connectivity index (χ2v) is 7.34. The second-order valence-electron chi connectivity index (χ2n) is 4.55. The zero-order chi connectivity index (χ0) is 18.8. The predicted molar refractivity (Wildman–Crippen MR) is 93.6 cm³/mol. The number of sulfone groups is 1. The summed E-state index contributed by atoms with van der Waals surface area (Å²) in [5.41, 5.74) is -0.101. The van der Waals surface area contributed by atoms with Gasteiger partial charge >= 0.3 is 17.2 Å². The minimum Gasteiger partial charge on any atom is -0.478 e. The molecule has 25 heavy (non-hydrogen) atoms. The van der Waals surface area contributed by atoms with Crippen LogP contribution in [0.4, 0.5) is 10.7 Å². The van der Waals surface area contributed by atoms with Crippen LogP contribution < -0.4 is 7.85 Å². The molecule has 0 aliphatic rings. The molecule has 0 bridgehead atoms. The Balaban J connectivity index is 2.37. The molecule has 0 radical (unpaired) electrons. The largest absolute Gasteiger partial charge is 0.478 e. The Morgan fingerprint density at radius 2 is 1.76 bits per heavy atom. The number of rotatable bonds is 4. The highest BCUT2D eigenvalue weighted by atomic mass is 127. The number of ether oxygens (including phenoxy) is 1. The van der Waals surface area contributed by atoms with Crippen LogP contribution in [-0.2, 0) is 9.84 Å². The number of amides is 1. The fourth-order valence-corrected chi connectivity index (χ4v) is 3.67. The molecular weight excluding hydrogens is 467 g/mol. The minimum absolute atomic E-state index is 0.0693. The highest BCUT2D eigenvalue weighted by Crippen LogP contribution is 2.23. The molecule has 0 saturated carbocycles. The normalized spacial score (nSPS) is 11.0. The second kappa shape index (κ2) is 7.26. The topological polar surface area (TPSA) is 140 Å². The molecule has 0 saturated heterocycles. The molecule has 0 fully saturated rings. The van der Waals surface area contributed by atoms with Gasteiger partial charge in [0.05, 0.1) is 40.4 Å². The van der Waals surface area contributed by atoms with Crippen LogP contribution in [0, 0.1) is 6.92 Å². The van der Waals surface area contributed by atoms with Gasteiger partial charge in [-0.3, -0.25) is 4.79 Å². The molecule has 0 unspecified atom stereocenters. The maximum Gasteiger partial charge on any atom is 0.359 e. The van der Waals surface area contributed by atoms with Crippen molar-refractivity contribution in [2.75, 3.05) is 10.2 Å². The van der Waals surface area contributed by atoms with E-state index in [-0.39, 0.29) is 28.2 Å². The lowest BCUT2D eigenvalue weighted by molar-refractivity contribution is 0.0696. The fraction of sp³-hybridized carbons (Fsp3) is 0.154. The van der Waals surface area contributed by atoms with E-state index < -0.39 is 21.0 Å². The van der Waals surface area contributed by atoms with Crippen LogP contribution in [-0.4, -0.2) is 46.8 Å². The molecule has 132 valence electrons. The third-order valence-electron chi connectivity index (χ3n) is 2.87. The van der Waals surface area contributed by atoms with Gasteiger partial charge in [0.2, 0.25) is 5.95 Å². The fourth-order valence-electron chi connectivity index (χ4n) is 1.69. The van der Waals surface area contributed by atoms with E-state index in [2.05, 4.69) is 15.0 Å². The maximum atomic E-state index is 12.4. The summed E-state index contributed by atoms with van der Waals surface area (Å²) >= 11 is 1.45. The summed E-state index contributed by atoms with van der Waals surface area (Å²) in [6.07, 6.45) is 0. The number of hydrogen-bond donors (Lipinski definition) is 1. The maximum absolute atomic E-state index is 12.4. The first-order valence-electron chi connectivity index (χ1n) is 6.52. The third kappa shape index (κ3) is 4.01. The third-order valence-corrected chi connectivity index (χ3v) is 5.61. The van der Waals surface area contributed by atoms with Crippen LogP contribution in [0.1, 0.15) is 16.2 Å². The number of methoxy groups -OCH3 is 1. The van der Waals surface area contributed by atoms with Crippen molar-refractivity contribution in [2.24, 2.45) is 0 Å². The molecule has 2 aromatic rings. The van der Waals surface area contributed by atoms with Crippen molar-refractivity contribution < 1.29 is 27.9 Å². The van der Waals surface area contributed by atoms with Crippen LogP contribution in [0.2, 0.25) is 0 Å². The van der Waals surface area contributed by atoms with Gasteiger partial charge in [0.15, 0.2) is 0 Å². The average Bonchev–Trinajstić information content (AvgIpc) is 2.59. The summed E-state index contributed by atoms with van der Waals surface area (Å²) in [5.74, 6) is -1.18. The molecule has 0 spiro atoms. The van der Waals surface area contributed by atoms with E-state index in [1.807, 2.05) is 0 Å². The van der Waals surface area contributed by atoms with E-state index in [0.29, 0.717) is 0 Å². The number of halogens is 1. The molecule has 1 aromatic carbocycles. The van der Waals surface area contributed by atoms with E-state index in [1.165, 1.54) is 36.9 Å². The SMILES string of the molecule is COc1nc(C)nc(N(I)C(=O)S(=O)(=O)c2ccc(C(=O)O)cc2)n1. The number of aromatic nitrogens is 3. The summed E-state index contributed by atoms with van der Waals surface area (Å²) in [7, 11) is -3.10. The number of benzene rings is 1. The first-order chi connectivity index (χ1) is 11.7. The van der Waals surface area contributed by atoms with Crippen LogP contribution in [0.15, 0.2) is 29.2 Å². The van der Waals surface area contributed by atoms with Gasteiger partial charge in [-0.15, -0.1) is 0 Å². The number of carbonyl (C=O) groups excluding carboxylic acids is 1. The van der Waals surface area contributed by atoms with Crippen molar-refractivity contribution in [3.63, 3.8) is 0 Å². The number of carboxylic acids is 1. The number of carbonyl (C=O) groups is 2. The number of carboxylic acid groups (broad SMARTS) is 1. The molecule has 2 rings (SSSR count). The predicted octanol–water partition coefficient (Wildman–Crippen LogP) is 1.64. The van der Waals surface area contributed by atoms with Crippen LogP contribution >= 0.6 is 22.9 Å².